The molecular weight excluding hydrogens is 458 g/mol. The molecule has 1 atom stereocenters. The average molecular weight is 485 g/mol. The Bertz CT molecular complexity index is 1210. The molecule has 0 spiro atoms. The zero-order valence-electron chi connectivity index (χ0n) is 19.3. The molecule has 184 valence electrons. The maximum absolute atomic E-state index is 15.8. The van der Waals surface area contributed by atoms with E-state index in [0.717, 1.165) is 0 Å². The number of anilines is 1. The number of methoxy groups -OCH3 is 1. The molecule has 0 saturated carbocycles. The molecule has 3 amide bonds. The van der Waals surface area contributed by atoms with Gasteiger partial charge in [0.2, 0.25) is 0 Å². The van der Waals surface area contributed by atoms with Crippen LogP contribution in [0.2, 0.25) is 0 Å². The number of pyridine rings is 1. The Labute approximate surface area is 201 Å². The van der Waals surface area contributed by atoms with Gasteiger partial charge in [-0.05, 0) is 36.2 Å². The number of hydrogen-bond donors (Lipinski definition) is 3. The lowest BCUT2D eigenvalue weighted by atomic mass is 9.92. The molecule has 10 heteroatoms. The first-order chi connectivity index (χ1) is 16.8. The molecule has 0 unspecified atom stereocenters. The van der Waals surface area contributed by atoms with Gasteiger partial charge in [-0.1, -0.05) is 30.3 Å². The SMILES string of the molecule is COC[C@H](C)OC(=O)Nc1ccc(-c2cccnc2CNC(N)=O)c(Cc2ccccc2F)c1F. The van der Waals surface area contributed by atoms with Crippen LogP contribution in [0, 0.1) is 11.6 Å². The van der Waals surface area contributed by atoms with Gasteiger partial charge in [0.25, 0.3) is 0 Å². The summed E-state index contributed by atoms with van der Waals surface area (Å²) in [7, 11) is 1.47. The second kappa shape index (κ2) is 11.9. The second-order valence-electron chi connectivity index (χ2n) is 7.73. The number of carbonyl (C=O) groups is 2. The predicted octanol–water partition coefficient (Wildman–Crippen LogP) is 4.37. The van der Waals surface area contributed by atoms with Crippen LogP contribution in [-0.4, -0.2) is 36.9 Å². The normalized spacial score (nSPS) is 11.5. The summed E-state index contributed by atoms with van der Waals surface area (Å²) in [6.45, 7) is 1.82. The average Bonchev–Trinajstić information content (AvgIpc) is 2.82. The molecule has 1 heterocycles. The Kier molecular flexibility index (Phi) is 8.69. The van der Waals surface area contributed by atoms with E-state index in [9.17, 15) is 14.0 Å². The highest BCUT2D eigenvalue weighted by atomic mass is 19.1. The zero-order valence-corrected chi connectivity index (χ0v) is 19.3. The van der Waals surface area contributed by atoms with Crippen LogP contribution >= 0.6 is 0 Å². The Morgan fingerprint density at radius 3 is 2.57 bits per heavy atom. The molecule has 2 aromatic carbocycles. The van der Waals surface area contributed by atoms with Crippen molar-refractivity contribution in [2.45, 2.75) is 26.0 Å². The molecule has 0 aliphatic carbocycles. The van der Waals surface area contributed by atoms with Crippen molar-refractivity contribution in [3.8, 4) is 11.1 Å². The molecular formula is C25H26F2N4O4. The summed E-state index contributed by atoms with van der Waals surface area (Å²) in [6, 6.07) is 11.6. The highest BCUT2D eigenvalue weighted by Gasteiger charge is 2.21. The van der Waals surface area contributed by atoms with E-state index in [1.54, 1.807) is 43.3 Å². The largest absolute Gasteiger partial charge is 0.444 e. The van der Waals surface area contributed by atoms with Gasteiger partial charge in [0, 0.05) is 30.9 Å². The first kappa shape index (κ1) is 25.6. The molecule has 0 saturated heterocycles. The van der Waals surface area contributed by atoms with E-state index in [1.807, 2.05) is 0 Å². The Hall–Kier alpha value is -4.05. The Morgan fingerprint density at radius 1 is 1.09 bits per heavy atom. The van der Waals surface area contributed by atoms with Crippen molar-refractivity contribution in [1.29, 1.82) is 0 Å². The minimum atomic E-state index is -0.856. The van der Waals surface area contributed by atoms with Crippen molar-refractivity contribution in [2.75, 3.05) is 19.0 Å². The molecule has 3 rings (SSSR count). The van der Waals surface area contributed by atoms with E-state index in [0.29, 0.717) is 16.8 Å². The topological polar surface area (TPSA) is 116 Å². The van der Waals surface area contributed by atoms with Gasteiger partial charge in [0.15, 0.2) is 5.82 Å². The van der Waals surface area contributed by atoms with Crippen molar-refractivity contribution in [2.24, 2.45) is 5.73 Å². The third kappa shape index (κ3) is 6.73. The van der Waals surface area contributed by atoms with Gasteiger partial charge in [-0.25, -0.2) is 18.4 Å². The summed E-state index contributed by atoms with van der Waals surface area (Å²) in [5, 5.41) is 4.87. The van der Waals surface area contributed by atoms with E-state index in [1.165, 1.54) is 25.4 Å². The fraction of sp³-hybridized carbons (Fsp3) is 0.240. The van der Waals surface area contributed by atoms with Crippen molar-refractivity contribution in [1.82, 2.24) is 10.3 Å². The number of nitrogens with one attached hydrogen (secondary N) is 2. The first-order valence-corrected chi connectivity index (χ1v) is 10.8. The minimum absolute atomic E-state index is 0.00990. The third-order valence-corrected chi connectivity index (χ3v) is 5.13. The molecule has 0 aliphatic heterocycles. The van der Waals surface area contributed by atoms with E-state index < -0.39 is 29.9 Å². The smallest absolute Gasteiger partial charge is 0.412 e. The lowest BCUT2D eigenvalue weighted by Crippen LogP contribution is -2.29. The van der Waals surface area contributed by atoms with Crippen LogP contribution in [0.1, 0.15) is 23.7 Å². The van der Waals surface area contributed by atoms with Crippen LogP contribution < -0.4 is 16.4 Å². The quantitative estimate of drug-likeness (QED) is 0.417. The van der Waals surface area contributed by atoms with Gasteiger partial charge in [-0.15, -0.1) is 0 Å². The number of primary amides is 1. The molecule has 1 aromatic heterocycles. The van der Waals surface area contributed by atoms with Crippen molar-refractivity contribution >= 4 is 17.8 Å². The van der Waals surface area contributed by atoms with E-state index in [-0.39, 0.29) is 36.4 Å². The number of hydrogen-bond acceptors (Lipinski definition) is 5. The van der Waals surface area contributed by atoms with Gasteiger partial charge >= 0.3 is 12.1 Å². The van der Waals surface area contributed by atoms with Crippen LogP contribution in [0.4, 0.5) is 24.1 Å². The molecule has 0 bridgehead atoms. The number of ether oxygens (including phenoxy) is 2. The molecule has 35 heavy (non-hydrogen) atoms. The number of benzene rings is 2. The number of rotatable bonds is 9. The lowest BCUT2D eigenvalue weighted by molar-refractivity contribution is 0.0563. The van der Waals surface area contributed by atoms with Crippen molar-refractivity contribution in [3.63, 3.8) is 0 Å². The lowest BCUT2D eigenvalue weighted by Gasteiger charge is -2.18. The van der Waals surface area contributed by atoms with E-state index in [4.69, 9.17) is 15.2 Å². The van der Waals surface area contributed by atoms with Crippen LogP contribution in [-0.2, 0) is 22.4 Å². The zero-order chi connectivity index (χ0) is 25.4. The minimum Gasteiger partial charge on any atom is -0.444 e. The van der Waals surface area contributed by atoms with Crippen LogP contribution in [0.25, 0.3) is 11.1 Å². The maximum Gasteiger partial charge on any atom is 0.412 e. The van der Waals surface area contributed by atoms with Crippen LogP contribution in [0.3, 0.4) is 0 Å². The summed E-state index contributed by atoms with van der Waals surface area (Å²) in [4.78, 5) is 27.7. The molecule has 0 aliphatic rings. The fourth-order valence-electron chi connectivity index (χ4n) is 3.56. The fourth-order valence-corrected chi connectivity index (χ4v) is 3.56. The summed E-state index contributed by atoms with van der Waals surface area (Å²) in [6.07, 6.45) is 0.0269. The van der Waals surface area contributed by atoms with Gasteiger partial charge in [-0.3, -0.25) is 10.3 Å². The number of urea groups is 1. The van der Waals surface area contributed by atoms with Crippen molar-refractivity contribution < 1.29 is 27.8 Å². The molecule has 8 nitrogen and oxygen atoms in total. The third-order valence-electron chi connectivity index (χ3n) is 5.13. The molecule has 3 aromatic rings. The Balaban J connectivity index is 2.04. The van der Waals surface area contributed by atoms with Gasteiger partial charge in [0.05, 0.1) is 24.5 Å². The van der Waals surface area contributed by atoms with Gasteiger partial charge in [0.1, 0.15) is 11.9 Å². The van der Waals surface area contributed by atoms with Gasteiger partial charge < -0.3 is 20.5 Å². The highest BCUT2D eigenvalue weighted by molar-refractivity contribution is 5.86. The predicted molar refractivity (Wildman–Crippen MR) is 127 cm³/mol. The number of nitrogens with two attached hydrogens (primary N) is 1. The number of nitrogens with zero attached hydrogens (tertiary/aromatic N) is 1. The first-order valence-electron chi connectivity index (χ1n) is 10.8. The van der Waals surface area contributed by atoms with Crippen LogP contribution in [0.5, 0.6) is 0 Å². The Morgan fingerprint density at radius 2 is 1.86 bits per heavy atom. The monoisotopic (exact) mass is 484 g/mol. The highest BCUT2D eigenvalue weighted by Crippen LogP contribution is 2.33. The second-order valence-corrected chi connectivity index (χ2v) is 7.73. The summed E-state index contributed by atoms with van der Waals surface area (Å²) >= 11 is 0. The molecule has 4 N–H and O–H groups in total. The van der Waals surface area contributed by atoms with Crippen molar-refractivity contribution in [3.05, 3.63) is 83.2 Å². The number of carbonyl (C=O) groups excluding carboxylic acids is 2. The number of aromatic nitrogens is 1. The van der Waals surface area contributed by atoms with E-state index in [2.05, 4.69) is 15.6 Å². The molecule has 0 radical (unpaired) electrons. The standard InChI is InChI=1S/C25H26F2N4O4/c1-15(14-34-2)35-25(33)31-21-10-9-17(18-7-5-11-29-22(18)13-30-24(28)32)19(23(21)27)12-16-6-3-4-8-20(16)26/h3-11,15H,12-14H2,1-2H3,(H,31,33)(H3,28,30,32)/t15-/m0/s1. The number of amides is 3. The summed E-state index contributed by atoms with van der Waals surface area (Å²) in [5.41, 5.74) is 6.83. The van der Waals surface area contributed by atoms with E-state index >= 15 is 4.39 Å². The number of halogens is 2. The maximum atomic E-state index is 15.8. The summed E-state index contributed by atoms with van der Waals surface area (Å²) in [5.74, 6) is -1.24. The summed E-state index contributed by atoms with van der Waals surface area (Å²) < 4.78 is 40.3. The molecule has 0 fully saturated rings. The van der Waals surface area contributed by atoms with Gasteiger partial charge in [-0.2, -0.15) is 0 Å². The van der Waals surface area contributed by atoms with Crippen LogP contribution in [0.15, 0.2) is 54.7 Å².